The molecule has 0 saturated heterocycles. The van der Waals surface area contributed by atoms with Crippen molar-refractivity contribution in [3.63, 3.8) is 0 Å². The third-order valence-electron chi connectivity index (χ3n) is 4.67. The molecule has 7 heteroatoms. The minimum Gasteiger partial charge on any atom is -0.482 e. The van der Waals surface area contributed by atoms with E-state index in [0.29, 0.717) is 23.6 Å². The van der Waals surface area contributed by atoms with Crippen LogP contribution in [0.25, 0.3) is 0 Å². The Morgan fingerprint density at radius 1 is 1.35 bits per heavy atom. The summed E-state index contributed by atoms with van der Waals surface area (Å²) < 4.78 is 10.5. The molecule has 1 aromatic carbocycles. The summed E-state index contributed by atoms with van der Waals surface area (Å²) in [5, 5.41) is 10.1. The van der Waals surface area contributed by atoms with Gasteiger partial charge in [-0.25, -0.2) is 4.79 Å². The van der Waals surface area contributed by atoms with Crippen molar-refractivity contribution < 1.29 is 19.1 Å². The highest BCUT2D eigenvalue weighted by Crippen LogP contribution is 2.32. The second-order valence-corrected chi connectivity index (χ2v) is 6.92. The predicted molar refractivity (Wildman–Crippen MR) is 96.7 cm³/mol. The molecule has 1 saturated carbocycles. The zero-order valence-electron chi connectivity index (χ0n) is 15.0. The summed E-state index contributed by atoms with van der Waals surface area (Å²) in [6, 6.07) is 8.93. The zero-order chi connectivity index (χ0) is 19.2. The van der Waals surface area contributed by atoms with Crippen molar-refractivity contribution in [1.29, 1.82) is 5.26 Å². The number of halogens is 1. The van der Waals surface area contributed by atoms with Crippen LogP contribution >= 0.6 is 11.6 Å². The van der Waals surface area contributed by atoms with Gasteiger partial charge in [0.25, 0.3) is 5.91 Å². The number of nitrogens with zero attached hydrogens (tertiary/aromatic N) is 2. The number of benzene rings is 1. The minimum absolute atomic E-state index is 0.328. The monoisotopic (exact) mass is 378 g/mol. The summed E-state index contributed by atoms with van der Waals surface area (Å²) in [7, 11) is 1.60. The molecule has 0 heterocycles. The number of carbonyl (C=O) groups excluding carboxylic acids is 2. The molecule has 26 heavy (non-hydrogen) atoms. The van der Waals surface area contributed by atoms with Crippen LogP contribution in [0.4, 0.5) is 0 Å². The lowest BCUT2D eigenvalue weighted by Crippen LogP contribution is -2.53. The molecule has 140 valence electrons. The first-order chi connectivity index (χ1) is 12.4. The average Bonchev–Trinajstić information content (AvgIpc) is 2.65. The van der Waals surface area contributed by atoms with Crippen LogP contribution in [0.1, 0.15) is 39.0 Å². The van der Waals surface area contributed by atoms with Gasteiger partial charge in [-0.1, -0.05) is 36.9 Å². The lowest BCUT2D eigenvalue weighted by Gasteiger charge is -2.39. The van der Waals surface area contributed by atoms with Crippen molar-refractivity contribution in [2.45, 2.75) is 50.7 Å². The van der Waals surface area contributed by atoms with E-state index in [2.05, 4.69) is 6.07 Å². The first-order valence-electron chi connectivity index (χ1n) is 8.65. The van der Waals surface area contributed by atoms with Crippen LogP contribution in [0.15, 0.2) is 24.3 Å². The summed E-state index contributed by atoms with van der Waals surface area (Å²) >= 11 is 5.85. The SMILES string of the molecule is C[C@H](OC(=O)COc1cccc(Cl)c1)C(=O)N(C)C1(C#N)CCCCC1. The number of hydrogen-bond donors (Lipinski definition) is 0. The first kappa shape index (κ1) is 20.1. The van der Waals surface area contributed by atoms with E-state index in [9.17, 15) is 14.9 Å². The molecule has 0 aliphatic heterocycles. The number of likely N-dealkylation sites (N-methyl/N-ethyl adjacent to an activating group) is 1. The van der Waals surface area contributed by atoms with Crippen molar-refractivity contribution in [2.75, 3.05) is 13.7 Å². The maximum absolute atomic E-state index is 12.6. The molecule has 0 radical (unpaired) electrons. The van der Waals surface area contributed by atoms with Crippen LogP contribution < -0.4 is 4.74 Å². The average molecular weight is 379 g/mol. The van der Waals surface area contributed by atoms with Crippen LogP contribution in [0.5, 0.6) is 5.75 Å². The van der Waals surface area contributed by atoms with Gasteiger partial charge >= 0.3 is 5.97 Å². The van der Waals surface area contributed by atoms with Gasteiger partial charge in [0.05, 0.1) is 6.07 Å². The maximum atomic E-state index is 12.6. The molecular weight excluding hydrogens is 356 g/mol. The van der Waals surface area contributed by atoms with Gasteiger partial charge in [-0.05, 0) is 38.0 Å². The van der Waals surface area contributed by atoms with Crippen LogP contribution in [0.2, 0.25) is 5.02 Å². The minimum atomic E-state index is -0.984. The van der Waals surface area contributed by atoms with Crippen molar-refractivity contribution >= 4 is 23.5 Å². The summed E-state index contributed by atoms with van der Waals surface area (Å²) in [5.74, 6) is -0.602. The van der Waals surface area contributed by atoms with Crippen LogP contribution in [-0.2, 0) is 14.3 Å². The number of rotatable bonds is 6. The zero-order valence-corrected chi connectivity index (χ0v) is 15.8. The number of hydrogen-bond acceptors (Lipinski definition) is 5. The van der Waals surface area contributed by atoms with Crippen molar-refractivity contribution in [3.05, 3.63) is 29.3 Å². The Kier molecular flexibility index (Phi) is 6.87. The lowest BCUT2D eigenvalue weighted by molar-refractivity contribution is -0.162. The van der Waals surface area contributed by atoms with Gasteiger partial charge < -0.3 is 14.4 Å². The summed E-state index contributed by atoms with van der Waals surface area (Å²) in [5.41, 5.74) is -0.812. The lowest BCUT2D eigenvalue weighted by atomic mass is 9.81. The van der Waals surface area contributed by atoms with Crippen molar-refractivity contribution in [2.24, 2.45) is 0 Å². The van der Waals surface area contributed by atoms with Gasteiger partial charge in [0.1, 0.15) is 11.3 Å². The highest BCUT2D eigenvalue weighted by atomic mass is 35.5. The fourth-order valence-electron chi connectivity index (χ4n) is 3.12. The highest BCUT2D eigenvalue weighted by molar-refractivity contribution is 6.30. The maximum Gasteiger partial charge on any atom is 0.344 e. The van der Waals surface area contributed by atoms with E-state index in [-0.39, 0.29) is 12.5 Å². The number of carbonyl (C=O) groups is 2. The third-order valence-corrected chi connectivity index (χ3v) is 4.91. The van der Waals surface area contributed by atoms with Gasteiger partial charge in [-0.2, -0.15) is 5.26 Å². The Balaban J connectivity index is 1.89. The molecule has 1 aliphatic carbocycles. The van der Waals surface area contributed by atoms with E-state index in [4.69, 9.17) is 21.1 Å². The number of amides is 1. The summed E-state index contributed by atoms with van der Waals surface area (Å²) in [6.45, 7) is 1.18. The third kappa shape index (κ3) is 4.89. The smallest absolute Gasteiger partial charge is 0.344 e. The Bertz CT molecular complexity index is 695. The van der Waals surface area contributed by atoms with Gasteiger partial charge in [-0.3, -0.25) is 4.79 Å². The largest absolute Gasteiger partial charge is 0.482 e. The molecule has 0 unspecified atom stereocenters. The molecule has 1 aliphatic rings. The van der Waals surface area contributed by atoms with Gasteiger partial charge in [-0.15, -0.1) is 0 Å². The molecule has 0 bridgehead atoms. The molecule has 1 aromatic rings. The van der Waals surface area contributed by atoms with E-state index in [1.54, 1.807) is 31.3 Å². The summed E-state index contributed by atoms with van der Waals surface area (Å²) in [6.07, 6.45) is 3.19. The fraction of sp³-hybridized carbons (Fsp3) is 0.526. The molecule has 1 fully saturated rings. The van der Waals surface area contributed by atoms with Crippen LogP contribution in [0, 0.1) is 11.3 Å². The quantitative estimate of drug-likeness (QED) is 0.709. The number of esters is 1. The molecule has 0 spiro atoms. The van der Waals surface area contributed by atoms with Gasteiger partial charge in [0.2, 0.25) is 0 Å². The second-order valence-electron chi connectivity index (χ2n) is 6.48. The Hall–Kier alpha value is -2.26. The molecule has 1 atom stereocenters. The number of ether oxygens (including phenoxy) is 2. The van der Waals surface area contributed by atoms with E-state index >= 15 is 0 Å². The Morgan fingerprint density at radius 2 is 2.04 bits per heavy atom. The molecule has 2 rings (SSSR count). The second kappa shape index (κ2) is 8.91. The predicted octanol–water partition coefficient (Wildman–Crippen LogP) is 3.34. The van der Waals surface area contributed by atoms with Crippen LogP contribution in [-0.4, -0.2) is 42.1 Å². The number of nitriles is 1. The highest BCUT2D eigenvalue weighted by Gasteiger charge is 2.40. The van der Waals surface area contributed by atoms with Crippen molar-refractivity contribution in [1.82, 2.24) is 4.90 Å². The van der Waals surface area contributed by atoms with E-state index in [0.717, 1.165) is 19.3 Å². The fourth-order valence-corrected chi connectivity index (χ4v) is 3.30. The van der Waals surface area contributed by atoms with E-state index in [1.807, 2.05) is 0 Å². The molecule has 0 aromatic heterocycles. The van der Waals surface area contributed by atoms with Gasteiger partial charge in [0, 0.05) is 12.1 Å². The first-order valence-corrected chi connectivity index (χ1v) is 9.02. The molecule has 1 amide bonds. The van der Waals surface area contributed by atoms with E-state index in [1.165, 1.54) is 11.8 Å². The normalized spacial score (nSPS) is 16.8. The van der Waals surface area contributed by atoms with Crippen molar-refractivity contribution in [3.8, 4) is 11.8 Å². The molecular formula is C19H23ClN2O4. The Morgan fingerprint density at radius 3 is 2.65 bits per heavy atom. The van der Waals surface area contributed by atoms with Crippen LogP contribution in [0.3, 0.4) is 0 Å². The summed E-state index contributed by atoms with van der Waals surface area (Å²) in [4.78, 5) is 26.0. The molecule has 6 nitrogen and oxygen atoms in total. The topological polar surface area (TPSA) is 79.6 Å². The molecule has 0 N–H and O–H groups in total. The van der Waals surface area contributed by atoms with E-state index < -0.39 is 17.6 Å². The standard InChI is InChI=1S/C19H23ClN2O4/c1-14(18(24)22(2)19(13-21)9-4-3-5-10-19)26-17(23)12-25-16-8-6-7-15(20)11-16/h6-8,11,14H,3-5,9-10,12H2,1-2H3/t14-/m0/s1. The Labute approximate surface area is 158 Å². The van der Waals surface area contributed by atoms with Gasteiger partial charge in [0.15, 0.2) is 12.7 Å².